The van der Waals surface area contributed by atoms with Gasteiger partial charge in [0.15, 0.2) is 0 Å². The maximum absolute atomic E-state index is 5.69. The molecule has 1 saturated heterocycles. The molecule has 0 radical (unpaired) electrons. The normalized spacial score (nSPS) is 19.4. The number of ether oxygens (including phenoxy) is 2. The second-order valence-corrected chi connectivity index (χ2v) is 5.48. The van der Waals surface area contributed by atoms with Crippen LogP contribution in [0.2, 0.25) is 0 Å². The molecule has 0 amide bonds. The van der Waals surface area contributed by atoms with Gasteiger partial charge in [0, 0.05) is 59.1 Å². The van der Waals surface area contributed by atoms with Crippen molar-refractivity contribution in [2.75, 3.05) is 66.2 Å². The van der Waals surface area contributed by atoms with E-state index in [4.69, 9.17) is 15.2 Å². The van der Waals surface area contributed by atoms with Gasteiger partial charge in [-0.1, -0.05) is 6.92 Å². The third kappa shape index (κ3) is 6.99. The van der Waals surface area contributed by atoms with Crippen molar-refractivity contribution >= 4 is 0 Å². The van der Waals surface area contributed by atoms with Crippen LogP contribution in [0.15, 0.2) is 0 Å². The lowest BCUT2D eigenvalue weighted by Gasteiger charge is -2.39. The van der Waals surface area contributed by atoms with E-state index >= 15 is 0 Å². The van der Waals surface area contributed by atoms with E-state index in [1.165, 1.54) is 19.5 Å². The summed E-state index contributed by atoms with van der Waals surface area (Å²) in [5, 5.41) is 0. The number of nitrogens with zero attached hydrogens (tertiary/aromatic N) is 2. The van der Waals surface area contributed by atoms with Crippen molar-refractivity contribution < 1.29 is 9.47 Å². The average Bonchev–Trinajstić information content (AvgIpc) is 2.49. The number of hydrogen-bond acceptors (Lipinski definition) is 5. The van der Waals surface area contributed by atoms with Crippen molar-refractivity contribution in [3.63, 3.8) is 0 Å². The monoisotopic (exact) mass is 287 g/mol. The highest BCUT2D eigenvalue weighted by molar-refractivity contribution is 4.78. The second kappa shape index (κ2) is 11.5. The summed E-state index contributed by atoms with van der Waals surface area (Å²) < 4.78 is 10.6. The van der Waals surface area contributed by atoms with Crippen LogP contribution in [0.5, 0.6) is 0 Å². The molecule has 2 N–H and O–H groups in total. The third-order valence-corrected chi connectivity index (χ3v) is 4.08. The Morgan fingerprint density at radius 1 is 1.10 bits per heavy atom. The molecule has 1 unspecified atom stereocenters. The summed E-state index contributed by atoms with van der Waals surface area (Å²) in [6.45, 7) is 11.2. The largest absolute Gasteiger partial charge is 0.385 e. The van der Waals surface area contributed by atoms with Crippen molar-refractivity contribution in [2.45, 2.75) is 32.2 Å². The molecule has 0 bridgehead atoms. The Morgan fingerprint density at radius 3 is 2.45 bits per heavy atom. The Hall–Kier alpha value is -0.200. The molecule has 0 aromatic rings. The molecule has 1 atom stereocenters. The van der Waals surface area contributed by atoms with E-state index in [0.29, 0.717) is 6.04 Å². The van der Waals surface area contributed by atoms with Crippen LogP contribution in [0.3, 0.4) is 0 Å². The van der Waals surface area contributed by atoms with Crippen LogP contribution in [-0.2, 0) is 9.47 Å². The van der Waals surface area contributed by atoms with Gasteiger partial charge >= 0.3 is 0 Å². The zero-order chi connectivity index (χ0) is 14.6. The number of methoxy groups -OCH3 is 1. The summed E-state index contributed by atoms with van der Waals surface area (Å²) in [5.41, 5.74) is 5.69. The minimum Gasteiger partial charge on any atom is -0.385 e. The van der Waals surface area contributed by atoms with E-state index in [9.17, 15) is 0 Å². The molecule has 0 spiro atoms. The molecular formula is C15H33N3O2. The highest BCUT2D eigenvalue weighted by Crippen LogP contribution is 2.11. The van der Waals surface area contributed by atoms with Crippen molar-refractivity contribution in [2.24, 2.45) is 5.73 Å². The first kappa shape index (κ1) is 17.9. The van der Waals surface area contributed by atoms with Crippen LogP contribution in [0.4, 0.5) is 0 Å². The first-order valence-corrected chi connectivity index (χ1v) is 8.05. The maximum atomic E-state index is 5.69. The average molecular weight is 287 g/mol. The van der Waals surface area contributed by atoms with Gasteiger partial charge in [0.25, 0.3) is 0 Å². The Balaban J connectivity index is 2.06. The minimum absolute atomic E-state index is 0.674. The Bertz CT molecular complexity index is 221. The van der Waals surface area contributed by atoms with Gasteiger partial charge < -0.3 is 15.2 Å². The summed E-state index contributed by atoms with van der Waals surface area (Å²) >= 11 is 0. The first-order valence-electron chi connectivity index (χ1n) is 8.05. The van der Waals surface area contributed by atoms with E-state index in [0.717, 1.165) is 58.8 Å². The molecular weight excluding hydrogens is 254 g/mol. The molecule has 0 aromatic heterocycles. The molecule has 20 heavy (non-hydrogen) atoms. The molecule has 0 aromatic carbocycles. The van der Waals surface area contributed by atoms with Crippen LogP contribution in [-0.4, -0.2) is 82.0 Å². The second-order valence-electron chi connectivity index (χ2n) is 5.48. The summed E-state index contributed by atoms with van der Waals surface area (Å²) in [6.07, 6.45) is 3.32. The van der Waals surface area contributed by atoms with Gasteiger partial charge in [-0.15, -0.1) is 0 Å². The zero-order valence-electron chi connectivity index (χ0n) is 13.4. The number of hydrogen-bond donors (Lipinski definition) is 1. The molecule has 1 fully saturated rings. The van der Waals surface area contributed by atoms with Gasteiger partial charge in [0.05, 0.1) is 6.61 Å². The van der Waals surface area contributed by atoms with Gasteiger partial charge in [-0.2, -0.15) is 0 Å². The van der Waals surface area contributed by atoms with Crippen LogP contribution in [0, 0.1) is 0 Å². The maximum Gasteiger partial charge on any atom is 0.0593 e. The number of nitrogens with two attached hydrogens (primary N) is 1. The highest BCUT2D eigenvalue weighted by atomic mass is 16.5. The lowest BCUT2D eigenvalue weighted by Crippen LogP contribution is -2.51. The van der Waals surface area contributed by atoms with Crippen LogP contribution < -0.4 is 5.73 Å². The van der Waals surface area contributed by atoms with E-state index in [-0.39, 0.29) is 0 Å². The molecule has 0 saturated carbocycles. The zero-order valence-corrected chi connectivity index (χ0v) is 13.4. The van der Waals surface area contributed by atoms with Gasteiger partial charge in [0.2, 0.25) is 0 Å². The Morgan fingerprint density at radius 2 is 1.85 bits per heavy atom. The quantitative estimate of drug-likeness (QED) is 0.569. The molecule has 1 rings (SSSR count). The summed E-state index contributed by atoms with van der Waals surface area (Å²) in [4.78, 5) is 5.10. The lowest BCUT2D eigenvalue weighted by atomic mass is 10.1. The summed E-state index contributed by atoms with van der Waals surface area (Å²) in [6, 6.07) is 0.674. The van der Waals surface area contributed by atoms with Crippen LogP contribution >= 0.6 is 0 Å². The molecule has 1 aliphatic heterocycles. The Labute approximate surface area is 124 Å². The lowest BCUT2D eigenvalue weighted by molar-refractivity contribution is 0.0526. The smallest absolute Gasteiger partial charge is 0.0593 e. The highest BCUT2D eigenvalue weighted by Gasteiger charge is 2.21. The topological polar surface area (TPSA) is 51.0 Å². The number of rotatable bonds is 11. The van der Waals surface area contributed by atoms with Crippen molar-refractivity contribution in [3.8, 4) is 0 Å². The third-order valence-electron chi connectivity index (χ3n) is 4.08. The molecule has 5 nitrogen and oxygen atoms in total. The number of piperazine rings is 1. The summed E-state index contributed by atoms with van der Waals surface area (Å²) in [7, 11) is 1.73. The van der Waals surface area contributed by atoms with Gasteiger partial charge in [0.1, 0.15) is 0 Å². The van der Waals surface area contributed by atoms with Gasteiger partial charge in [-0.3, -0.25) is 9.80 Å². The standard InChI is InChI=1S/C15H33N3O2/c1-3-15(5-6-16)18-9-7-17(8-10-18)11-14-20-13-4-12-19-2/h15H,3-14,16H2,1-2H3. The van der Waals surface area contributed by atoms with E-state index in [1.807, 2.05) is 0 Å². The molecule has 120 valence electrons. The fourth-order valence-corrected chi connectivity index (χ4v) is 2.79. The van der Waals surface area contributed by atoms with Crippen molar-refractivity contribution in [3.05, 3.63) is 0 Å². The fraction of sp³-hybridized carbons (Fsp3) is 1.00. The van der Waals surface area contributed by atoms with E-state index < -0.39 is 0 Å². The molecule has 1 aliphatic rings. The van der Waals surface area contributed by atoms with Gasteiger partial charge in [-0.05, 0) is 25.8 Å². The summed E-state index contributed by atoms with van der Waals surface area (Å²) in [5.74, 6) is 0. The van der Waals surface area contributed by atoms with Crippen molar-refractivity contribution in [1.82, 2.24) is 9.80 Å². The van der Waals surface area contributed by atoms with Crippen LogP contribution in [0.1, 0.15) is 26.2 Å². The Kier molecular flexibility index (Phi) is 10.2. The van der Waals surface area contributed by atoms with Gasteiger partial charge in [-0.25, -0.2) is 0 Å². The molecule has 0 aliphatic carbocycles. The van der Waals surface area contributed by atoms with Crippen LogP contribution in [0.25, 0.3) is 0 Å². The molecule has 1 heterocycles. The predicted molar refractivity (Wildman–Crippen MR) is 83.1 cm³/mol. The van der Waals surface area contributed by atoms with E-state index in [2.05, 4.69) is 16.7 Å². The SMILES string of the molecule is CCC(CCN)N1CCN(CCOCCCOC)CC1. The minimum atomic E-state index is 0.674. The molecule has 5 heteroatoms. The fourth-order valence-electron chi connectivity index (χ4n) is 2.79. The van der Waals surface area contributed by atoms with E-state index in [1.54, 1.807) is 7.11 Å². The predicted octanol–water partition coefficient (Wildman–Crippen LogP) is 0.785. The first-order chi connectivity index (χ1) is 9.81. The van der Waals surface area contributed by atoms with Crippen molar-refractivity contribution in [1.29, 1.82) is 0 Å².